The number of hydrogen-bond acceptors (Lipinski definition) is 6. The molecule has 0 bridgehead atoms. The van der Waals surface area contributed by atoms with Crippen LogP contribution in [0.1, 0.15) is 46.0 Å². The molecule has 4 rings (SSSR count). The Bertz CT molecular complexity index is 689. The first kappa shape index (κ1) is 20.5. The summed E-state index contributed by atoms with van der Waals surface area (Å²) in [5.74, 6) is 2.58. The van der Waals surface area contributed by atoms with Crippen LogP contribution in [0.3, 0.4) is 0 Å². The summed E-state index contributed by atoms with van der Waals surface area (Å²) in [5, 5.41) is 0. The number of nitrogens with zero attached hydrogens (tertiary/aromatic N) is 2. The molecule has 2 heterocycles. The van der Waals surface area contributed by atoms with Crippen molar-refractivity contribution in [3.05, 3.63) is 18.5 Å². The van der Waals surface area contributed by atoms with Gasteiger partial charge in [-0.05, 0) is 38.0 Å². The molecule has 1 aliphatic heterocycles. The largest absolute Gasteiger partial charge is 0.492 e. The quantitative estimate of drug-likeness (QED) is 0.648. The molecule has 0 N–H and O–H groups in total. The minimum atomic E-state index is -0.0765. The number of pyridine rings is 1. The van der Waals surface area contributed by atoms with Crippen LogP contribution in [0.15, 0.2) is 18.5 Å². The van der Waals surface area contributed by atoms with Crippen LogP contribution in [0.4, 0.5) is 5.69 Å². The number of carbonyl (C=O) groups is 1. The number of hydrogen-bond donors (Lipinski definition) is 0. The van der Waals surface area contributed by atoms with Crippen LogP contribution in [0, 0.1) is 23.7 Å². The van der Waals surface area contributed by atoms with Crippen molar-refractivity contribution in [2.24, 2.45) is 23.7 Å². The number of aromatic nitrogens is 1. The molecule has 6 nitrogen and oxygen atoms in total. The molecule has 0 amide bonds. The minimum Gasteiger partial charge on any atom is -0.492 e. The van der Waals surface area contributed by atoms with E-state index in [1.165, 1.54) is 25.7 Å². The fourth-order valence-corrected chi connectivity index (χ4v) is 4.68. The summed E-state index contributed by atoms with van der Waals surface area (Å²) in [6.07, 6.45) is 9.82. The highest BCUT2D eigenvalue weighted by Gasteiger charge is 2.50. The SMILES string of the molecule is CCOC(=O)C1CC1C1CN(c2cncc(OCC3CCC(C)CC3)c2)CCO1. The lowest BCUT2D eigenvalue weighted by Gasteiger charge is -2.34. The molecule has 3 fully saturated rings. The Morgan fingerprint density at radius 1 is 1.28 bits per heavy atom. The van der Waals surface area contributed by atoms with Gasteiger partial charge in [0.1, 0.15) is 5.75 Å². The molecule has 3 unspecified atom stereocenters. The van der Waals surface area contributed by atoms with Crippen molar-refractivity contribution in [1.29, 1.82) is 0 Å². The molecule has 29 heavy (non-hydrogen) atoms. The lowest BCUT2D eigenvalue weighted by molar-refractivity contribution is -0.145. The highest BCUT2D eigenvalue weighted by atomic mass is 16.5. The average molecular weight is 403 g/mol. The van der Waals surface area contributed by atoms with E-state index in [9.17, 15) is 4.79 Å². The fraction of sp³-hybridized carbons (Fsp3) is 0.739. The number of ether oxygens (including phenoxy) is 3. The van der Waals surface area contributed by atoms with Crippen molar-refractivity contribution < 1.29 is 19.0 Å². The lowest BCUT2D eigenvalue weighted by atomic mass is 9.83. The van der Waals surface area contributed by atoms with Gasteiger partial charge < -0.3 is 19.1 Å². The van der Waals surface area contributed by atoms with Gasteiger partial charge in [-0.15, -0.1) is 0 Å². The van der Waals surface area contributed by atoms with E-state index < -0.39 is 0 Å². The van der Waals surface area contributed by atoms with Crippen molar-refractivity contribution in [2.75, 3.05) is 37.8 Å². The van der Waals surface area contributed by atoms with Gasteiger partial charge in [-0.25, -0.2) is 0 Å². The van der Waals surface area contributed by atoms with E-state index in [-0.39, 0.29) is 23.9 Å². The second-order valence-corrected chi connectivity index (χ2v) is 8.93. The minimum absolute atomic E-state index is 0.00547. The van der Waals surface area contributed by atoms with Crippen LogP contribution in [-0.2, 0) is 14.3 Å². The number of morpholine rings is 1. The molecule has 1 aromatic heterocycles. The van der Waals surface area contributed by atoms with Crippen molar-refractivity contribution in [3.8, 4) is 5.75 Å². The fourth-order valence-electron chi connectivity index (χ4n) is 4.68. The Kier molecular flexibility index (Phi) is 6.58. The van der Waals surface area contributed by atoms with E-state index in [0.29, 0.717) is 19.1 Å². The van der Waals surface area contributed by atoms with Gasteiger partial charge in [-0.1, -0.05) is 19.8 Å². The summed E-state index contributed by atoms with van der Waals surface area (Å²) < 4.78 is 17.2. The molecule has 1 aromatic rings. The predicted octanol–water partition coefficient (Wildman–Crippen LogP) is 3.69. The molecule has 3 atom stereocenters. The molecule has 6 heteroatoms. The zero-order chi connectivity index (χ0) is 20.2. The third-order valence-corrected chi connectivity index (χ3v) is 6.69. The van der Waals surface area contributed by atoms with E-state index >= 15 is 0 Å². The summed E-state index contributed by atoms with van der Waals surface area (Å²) in [5.41, 5.74) is 1.07. The molecular weight excluding hydrogens is 368 g/mol. The molecule has 160 valence electrons. The smallest absolute Gasteiger partial charge is 0.309 e. The Morgan fingerprint density at radius 2 is 2.10 bits per heavy atom. The van der Waals surface area contributed by atoms with Crippen LogP contribution in [0.25, 0.3) is 0 Å². The predicted molar refractivity (Wildman–Crippen MR) is 111 cm³/mol. The van der Waals surface area contributed by atoms with Crippen molar-refractivity contribution in [2.45, 2.75) is 52.1 Å². The Hall–Kier alpha value is -1.82. The van der Waals surface area contributed by atoms with E-state index in [0.717, 1.165) is 43.5 Å². The van der Waals surface area contributed by atoms with Gasteiger partial charge in [0, 0.05) is 25.1 Å². The highest BCUT2D eigenvalue weighted by molar-refractivity contribution is 5.75. The van der Waals surface area contributed by atoms with Crippen molar-refractivity contribution in [1.82, 2.24) is 4.98 Å². The zero-order valence-electron chi connectivity index (χ0n) is 17.7. The Labute approximate surface area is 173 Å². The first-order valence-corrected chi connectivity index (χ1v) is 11.2. The number of esters is 1. The summed E-state index contributed by atoms with van der Waals surface area (Å²) in [6, 6.07) is 2.09. The summed E-state index contributed by atoms with van der Waals surface area (Å²) in [7, 11) is 0. The summed E-state index contributed by atoms with van der Waals surface area (Å²) in [4.78, 5) is 18.7. The topological polar surface area (TPSA) is 60.9 Å². The van der Waals surface area contributed by atoms with Crippen LogP contribution in [-0.4, -0.2) is 50.0 Å². The molecule has 1 saturated heterocycles. The van der Waals surface area contributed by atoms with Crippen LogP contribution in [0.2, 0.25) is 0 Å². The van der Waals surface area contributed by atoms with E-state index in [2.05, 4.69) is 22.9 Å². The van der Waals surface area contributed by atoms with Crippen molar-refractivity contribution in [3.63, 3.8) is 0 Å². The van der Waals surface area contributed by atoms with Gasteiger partial charge in [0.2, 0.25) is 0 Å². The number of anilines is 1. The molecule has 2 aliphatic carbocycles. The first-order chi connectivity index (χ1) is 14.1. The van der Waals surface area contributed by atoms with Gasteiger partial charge in [-0.3, -0.25) is 9.78 Å². The third-order valence-electron chi connectivity index (χ3n) is 6.69. The molecule has 3 aliphatic rings. The summed E-state index contributed by atoms with van der Waals surface area (Å²) in [6.45, 7) is 7.71. The molecular formula is C23H34N2O4. The van der Waals surface area contributed by atoms with Gasteiger partial charge in [0.25, 0.3) is 0 Å². The van der Waals surface area contributed by atoms with Gasteiger partial charge in [-0.2, -0.15) is 0 Å². The monoisotopic (exact) mass is 402 g/mol. The van der Waals surface area contributed by atoms with E-state index in [1.807, 2.05) is 19.3 Å². The highest BCUT2D eigenvalue weighted by Crippen LogP contribution is 2.44. The van der Waals surface area contributed by atoms with Gasteiger partial charge in [0.05, 0.1) is 49.9 Å². The second kappa shape index (κ2) is 9.33. The average Bonchev–Trinajstić information content (AvgIpc) is 3.55. The van der Waals surface area contributed by atoms with Gasteiger partial charge >= 0.3 is 5.97 Å². The van der Waals surface area contributed by atoms with Crippen LogP contribution < -0.4 is 9.64 Å². The van der Waals surface area contributed by atoms with E-state index in [1.54, 1.807) is 0 Å². The second-order valence-electron chi connectivity index (χ2n) is 8.93. The van der Waals surface area contributed by atoms with Crippen LogP contribution in [0.5, 0.6) is 5.75 Å². The lowest BCUT2D eigenvalue weighted by Crippen LogP contribution is -2.44. The van der Waals surface area contributed by atoms with Crippen LogP contribution >= 0.6 is 0 Å². The first-order valence-electron chi connectivity index (χ1n) is 11.2. The zero-order valence-corrected chi connectivity index (χ0v) is 17.7. The Morgan fingerprint density at radius 3 is 2.90 bits per heavy atom. The van der Waals surface area contributed by atoms with Gasteiger partial charge in [0.15, 0.2) is 0 Å². The summed E-state index contributed by atoms with van der Waals surface area (Å²) >= 11 is 0. The molecule has 2 saturated carbocycles. The maximum Gasteiger partial charge on any atom is 0.309 e. The number of carbonyl (C=O) groups excluding carboxylic acids is 1. The maximum atomic E-state index is 12.0. The van der Waals surface area contributed by atoms with E-state index in [4.69, 9.17) is 14.2 Å². The molecule has 0 aromatic carbocycles. The van der Waals surface area contributed by atoms with Crippen molar-refractivity contribution >= 4 is 11.7 Å². The maximum absolute atomic E-state index is 12.0. The third kappa shape index (κ3) is 5.21. The molecule has 0 radical (unpaired) electrons. The number of rotatable bonds is 7. The molecule has 0 spiro atoms. The Balaban J connectivity index is 1.30. The normalized spacial score (nSPS) is 31.9. The standard InChI is InChI=1S/C23H34N2O4/c1-3-27-23(26)21-11-20(21)22-14-25(8-9-28-22)18-10-19(13-24-12-18)29-15-17-6-4-16(2)5-7-17/h10,12-13,16-17,20-22H,3-9,11,14-15H2,1-2H3.